The number of hydrogen-bond acceptors (Lipinski definition) is 0. The lowest BCUT2D eigenvalue weighted by Gasteiger charge is -1.97. The molecule has 0 aromatic heterocycles. The van der Waals surface area contributed by atoms with Gasteiger partial charge in [0.2, 0.25) is 0 Å². The molecule has 100 valence electrons. The summed E-state index contributed by atoms with van der Waals surface area (Å²) in [6.07, 6.45) is 20.5. The fraction of sp³-hybridized carbons (Fsp3) is 0.765. The number of hydrogen-bond donors (Lipinski definition) is 0. The first kappa shape index (κ1) is 16.5. The standard InChI is InChI=1S/C17H32/c1-4-6-8-10-12-14-16-17(3)15-13-11-9-7-5-2/h14-16H,4-13H2,1-3H3. The van der Waals surface area contributed by atoms with E-state index in [2.05, 4.69) is 39.0 Å². The van der Waals surface area contributed by atoms with Crippen molar-refractivity contribution in [3.05, 3.63) is 23.8 Å². The first-order valence-corrected chi connectivity index (χ1v) is 7.64. The molecule has 0 heteroatoms. The summed E-state index contributed by atoms with van der Waals surface area (Å²) >= 11 is 0. The number of unbranched alkanes of at least 4 members (excludes halogenated alkanes) is 8. The molecule has 0 radical (unpaired) electrons. The SMILES string of the molecule is CCCCCCC=CC(C)=CCCCCCC. The third kappa shape index (κ3) is 13.4. The molecule has 17 heavy (non-hydrogen) atoms. The minimum Gasteiger partial charge on any atom is -0.0843 e. The maximum atomic E-state index is 2.39. The highest BCUT2D eigenvalue weighted by Crippen LogP contribution is 2.07. The predicted molar refractivity (Wildman–Crippen MR) is 80.4 cm³/mol. The van der Waals surface area contributed by atoms with Gasteiger partial charge in [0.25, 0.3) is 0 Å². The van der Waals surface area contributed by atoms with Gasteiger partial charge in [-0.15, -0.1) is 0 Å². The Labute approximate surface area is 109 Å². The average Bonchev–Trinajstić information content (AvgIpc) is 2.33. The first-order chi connectivity index (χ1) is 8.31. The second-order valence-corrected chi connectivity index (χ2v) is 5.05. The van der Waals surface area contributed by atoms with E-state index in [1.54, 1.807) is 0 Å². The van der Waals surface area contributed by atoms with Gasteiger partial charge in [-0.2, -0.15) is 0 Å². The van der Waals surface area contributed by atoms with Gasteiger partial charge in [-0.25, -0.2) is 0 Å². The lowest BCUT2D eigenvalue weighted by atomic mass is 10.1. The molecule has 0 aliphatic heterocycles. The van der Waals surface area contributed by atoms with Gasteiger partial charge in [0.1, 0.15) is 0 Å². The van der Waals surface area contributed by atoms with E-state index in [0.717, 1.165) is 0 Å². The Balaban J connectivity index is 3.44. The molecule has 0 aliphatic carbocycles. The van der Waals surface area contributed by atoms with E-state index in [9.17, 15) is 0 Å². The zero-order chi connectivity index (χ0) is 12.8. The third-order valence-corrected chi connectivity index (χ3v) is 3.13. The molecule has 0 bridgehead atoms. The molecule has 0 spiro atoms. The van der Waals surface area contributed by atoms with Crippen LogP contribution in [0.2, 0.25) is 0 Å². The van der Waals surface area contributed by atoms with Crippen molar-refractivity contribution in [2.24, 2.45) is 0 Å². The molecule has 0 saturated carbocycles. The van der Waals surface area contributed by atoms with E-state index in [-0.39, 0.29) is 0 Å². The Hall–Kier alpha value is -0.520. The van der Waals surface area contributed by atoms with E-state index in [1.165, 1.54) is 69.8 Å². The summed E-state index contributed by atoms with van der Waals surface area (Å²) in [6, 6.07) is 0. The van der Waals surface area contributed by atoms with Crippen molar-refractivity contribution in [1.82, 2.24) is 0 Å². The fourth-order valence-electron chi connectivity index (χ4n) is 1.93. The zero-order valence-corrected chi connectivity index (χ0v) is 12.3. The molecule has 0 aliphatic rings. The smallest absolute Gasteiger partial charge is 0.0345 e. The molecule has 0 aromatic rings. The normalized spacial score (nSPS) is 12.5. The molecule has 0 rings (SSSR count). The Morgan fingerprint density at radius 3 is 1.94 bits per heavy atom. The summed E-state index contributed by atoms with van der Waals surface area (Å²) in [5.41, 5.74) is 1.44. The lowest BCUT2D eigenvalue weighted by molar-refractivity contribution is 0.673. The summed E-state index contributed by atoms with van der Waals surface area (Å²) in [7, 11) is 0. The van der Waals surface area contributed by atoms with Crippen LogP contribution < -0.4 is 0 Å². The molecule has 0 amide bonds. The molecule has 0 heterocycles. The number of rotatable bonds is 11. The van der Waals surface area contributed by atoms with Crippen molar-refractivity contribution in [1.29, 1.82) is 0 Å². The van der Waals surface area contributed by atoms with Crippen LogP contribution in [0.3, 0.4) is 0 Å². The van der Waals surface area contributed by atoms with Gasteiger partial charge >= 0.3 is 0 Å². The highest BCUT2D eigenvalue weighted by molar-refractivity contribution is 5.15. The lowest BCUT2D eigenvalue weighted by Crippen LogP contribution is -1.77. The highest BCUT2D eigenvalue weighted by atomic mass is 13.9. The van der Waals surface area contributed by atoms with Crippen LogP contribution in [0.15, 0.2) is 23.8 Å². The van der Waals surface area contributed by atoms with Crippen molar-refractivity contribution >= 4 is 0 Å². The topological polar surface area (TPSA) is 0 Å². The van der Waals surface area contributed by atoms with Crippen LogP contribution >= 0.6 is 0 Å². The highest BCUT2D eigenvalue weighted by Gasteiger charge is 1.87. The fourth-order valence-corrected chi connectivity index (χ4v) is 1.93. The minimum absolute atomic E-state index is 1.25. The second kappa shape index (κ2) is 13.5. The monoisotopic (exact) mass is 236 g/mol. The van der Waals surface area contributed by atoms with Gasteiger partial charge in [-0.05, 0) is 32.6 Å². The Kier molecular flexibility index (Phi) is 13.1. The van der Waals surface area contributed by atoms with Crippen molar-refractivity contribution in [3.8, 4) is 0 Å². The van der Waals surface area contributed by atoms with Crippen molar-refractivity contribution in [2.45, 2.75) is 85.0 Å². The van der Waals surface area contributed by atoms with Gasteiger partial charge in [-0.1, -0.05) is 76.2 Å². The van der Waals surface area contributed by atoms with Crippen LogP contribution in [0.4, 0.5) is 0 Å². The molecule has 0 fully saturated rings. The summed E-state index contributed by atoms with van der Waals surface area (Å²) < 4.78 is 0. The molecule has 0 N–H and O–H groups in total. The first-order valence-electron chi connectivity index (χ1n) is 7.64. The second-order valence-electron chi connectivity index (χ2n) is 5.05. The van der Waals surface area contributed by atoms with Gasteiger partial charge in [0.05, 0.1) is 0 Å². The molecule has 0 aromatic carbocycles. The largest absolute Gasteiger partial charge is 0.0843 e. The van der Waals surface area contributed by atoms with Crippen LogP contribution in [0, 0.1) is 0 Å². The summed E-state index contributed by atoms with van der Waals surface area (Å²) in [4.78, 5) is 0. The molecule has 0 saturated heterocycles. The van der Waals surface area contributed by atoms with E-state index < -0.39 is 0 Å². The van der Waals surface area contributed by atoms with Crippen molar-refractivity contribution in [3.63, 3.8) is 0 Å². The van der Waals surface area contributed by atoms with Crippen molar-refractivity contribution in [2.75, 3.05) is 0 Å². The van der Waals surface area contributed by atoms with Crippen LogP contribution in [0.1, 0.15) is 85.0 Å². The van der Waals surface area contributed by atoms with Gasteiger partial charge in [0, 0.05) is 0 Å². The molecule has 0 unspecified atom stereocenters. The zero-order valence-electron chi connectivity index (χ0n) is 12.3. The van der Waals surface area contributed by atoms with E-state index in [0.29, 0.717) is 0 Å². The van der Waals surface area contributed by atoms with Gasteiger partial charge in [0.15, 0.2) is 0 Å². The van der Waals surface area contributed by atoms with E-state index in [1.807, 2.05) is 0 Å². The average molecular weight is 236 g/mol. The maximum absolute atomic E-state index is 2.39. The van der Waals surface area contributed by atoms with Crippen LogP contribution in [-0.4, -0.2) is 0 Å². The Morgan fingerprint density at radius 1 is 0.765 bits per heavy atom. The molecular formula is C17H32. The third-order valence-electron chi connectivity index (χ3n) is 3.13. The predicted octanol–water partition coefficient (Wildman–Crippen LogP) is 6.43. The summed E-state index contributed by atoms with van der Waals surface area (Å²) in [6.45, 7) is 6.76. The van der Waals surface area contributed by atoms with Crippen LogP contribution in [-0.2, 0) is 0 Å². The number of allylic oxidation sites excluding steroid dienone is 4. The molecule has 0 nitrogen and oxygen atoms in total. The van der Waals surface area contributed by atoms with E-state index in [4.69, 9.17) is 0 Å². The Morgan fingerprint density at radius 2 is 1.35 bits per heavy atom. The van der Waals surface area contributed by atoms with E-state index >= 15 is 0 Å². The van der Waals surface area contributed by atoms with Gasteiger partial charge in [-0.3, -0.25) is 0 Å². The molecule has 0 atom stereocenters. The summed E-state index contributed by atoms with van der Waals surface area (Å²) in [5, 5.41) is 0. The quantitative estimate of drug-likeness (QED) is 0.286. The van der Waals surface area contributed by atoms with Crippen molar-refractivity contribution < 1.29 is 0 Å². The maximum Gasteiger partial charge on any atom is -0.0345 e. The molecular weight excluding hydrogens is 204 g/mol. The van der Waals surface area contributed by atoms with Crippen LogP contribution in [0.5, 0.6) is 0 Å². The van der Waals surface area contributed by atoms with Crippen LogP contribution in [0.25, 0.3) is 0 Å². The summed E-state index contributed by atoms with van der Waals surface area (Å²) in [5.74, 6) is 0. The van der Waals surface area contributed by atoms with Gasteiger partial charge < -0.3 is 0 Å². The minimum atomic E-state index is 1.25. The Bertz CT molecular complexity index is 198.